The average molecular weight is 903 g/mol. The number of hydrogen-bond acceptors (Lipinski definition) is 12. The smallest absolute Gasteiger partial charge is 0.303 e. The molecule has 10 amide bonds. The van der Waals surface area contributed by atoms with Crippen molar-refractivity contribution in [3.63, 3.8) is 0 Å². The van der Waals surface area contributed by atoms with Crippen LogP contribution in [-0.2, 0) is 59.2 Å². The quantitative estimate of drug-likeness (QED) is 0.0444. The van der Waals surface area contributed by atoms with Gasteiger partial charge in [0.05, 0.1) is 6.42 Å². The average Bonchev–Trinajstić information content (AvgIpc) is 3.71. The van der Waals surface area contributed by atoms with Crippen LogP contribution in [0.15, 0.2) is 24.3 Å². The normalized spacial score (nSPS) is 16.7. The number of phenols is 1. The molecule has 1 fully saturated rings. The van der Waals surface area contributed by atoms with Crippen molar-refractivity contribution in [1.82, 2.24) is 36.8 Å². The van der Waals surface area contributed by atoms with E-state index in [2.05, 4.69) is 31.9 Å². The van der Waals surface area contributed by atoms with Crippen molar-refractivity contribution >= 4 is 65.0 Å². The minimum atomic E-state index is -1.69. The molecule has 64 heavy (non-hydrogen) atoms. The van der Waals surface area contributed by atoms with Gasteiger partial charge in [-0.1, -0.05) is 46.2 Å². The zero-order valence-electron chi connectivity index (χ0n) is 36.6. The summed E-state index contributed by atoms with van der Waals surface area (Å²) in [6.07, 6.45) is -1.80. The molecule has 0 aromatic heterocycles. The number of primary amides is 3. The van der Waals surface area contributed by atoms with Crippen LogP contribution < -0.4 is 49.1 Å². The van der Waals surface area contributed by atoms with E-state index in [1.165, 1.54) is 36.1 Å². The summed E-state index contributed by atoms with van der Waals surface area (Å²) in [7, 11) is 0. The first kappa shape index (κ1) is 53.3. The number of nitrogens with two attached hydrogens (primary N) is 3. The summed E-state index contributed by atoms with van der Waals surface area (Å²) in [6, 6.07) is -4.10. The molecule has 0 aliphatic carbocycles. The maximum atomic E-state index is 14.2. The van der Waals surface area contributed by atoms with E-state index in [0.717, 1.165) is 0 Å². The van der Waals surface area contributed by atoms with E-state index in [-0.39, 0.29) is 50.3 Å². The SMILES string of the molecule is CC[C@H](C)[C@H](NC(=O)[C@H](Cc1ccc(O)cc1)NC(=O)[C@H](CCC(=O)O)NC(=O)[C@@H]1CCCN1C(=O)[C@@H](NC(C)=O)C(C)C)C(=O)N[C@@H](CC(N)=O)C(=O)N[C@@H](CCC(N)=O)C(N)=O. The summed E-state index contributed by atoms with van der Waals surface area (Å²) in [5.74, 6) is -11.0. The number of hydrogen-bond donors (Lipinski definition) is 11. The maximum absolute atomic E-state index is 14.2. The number of carboxylic acids is 1. The molecule has 1 aromatic rings. The second-order valence-corrected chi connectivity index (χ2v) is 16.1. The van der Waals surface area contributed by atoms with Gasteiger partial charge in [-0.15, -0.1) is 0 Å². The molecule has 1 heterocycles. The number of aliphatic carboxylic acids is 1. The van der Waals surface area contributed by atoms with Gasteiger partial charge in [-0.25, -0.2) is 0 Å². The zero-order chi connectivity index (χ0) is 48.4. The topological polar surface area (TPSA) is 382 Å². The number of carbonyl (C=O) groups excluding carboxylic acids is 10. The van der Waals surface area contributed by atoms with Crippen LogP contribution in [0, 0.1) is 11.8 Å². The number of aromatic hydroxyl groups is 1. The van der Waals surface area contributed by atoms with Crippen molar-refractivity contribution in [2.45, 2.75) is 135 Å². The first-order chi connectivity index (χ1) is 29.9. The third-order valence-electron chi connectivity index (χ3n) is 10.6. The molecular formula is C41H62N10O13. The molecule has 0 bridgehead atoms. The van der Waals surface area contributed by atoms with Gasteiger partial charge in [-0.2, -0.15) is 0 Å². The number of nitrogens with one attached hydrogen (secondary N) is 6. The lowest BCUT2D eigenvalue weighted by molar-refractivity contribution is -0.143. The third-order valence-corrected chi connectivity index (χ3v) is 10.6. The minimum absolute atomic E-state index is 0.112. The lowest BCUT2D eigenvalue weighted by Crippen LogP contribution is -2.61. The molecule has 2 rings (SSSR count). The van der Waals surface area contributed by atoms with Crippen molar-refractivity contribution in [2.24, 2.45) is 29.0 Å². The van der Waals surface area contributed by atoms with Gasteiger partial charge in [0.15, 0.2) is 0 Å². The predicted octanol–water partition coefficient (Wildman–Crippen LogP) is -2.95. The van der Waals surface area contributed by atoms with Gasteiger partial charge in [-0.3, -0.25) is 52.7 Å². The van der Waals surface area contributed by atoms with Crippen molar-refractivity contribution in [2.75, 3.05) is 6.54 Å². The molecule has 23 nitrogen and oxygen atoms in total. The van der Waals surface area contributed by atoms with Gasteiger partial charge in [0, 0.05) is 32.7 Å². The Morgan fingerprint density at radius 3 is 1.80 bits per heavy atom. The molecular weight excluding hydrogens is 841 g/mol. The highest BCUT2D eigenvalue weighted by Crippen LogP contribution is 2.21. The van der Waals surface area contributed by atoms with Gasteiger partial charge >= 0.3 is 5.97 Å². The van der Waals surface area contributed by atoms with Crippen LogP contribution in [0.5, 0.6) is 5.75 Å². The molecule has 0 radical (unpaired) electrons. The molecule has 23 heteroatoms. The van der Waals surface area contributed by atoms with Crippen LogP contribution in [0.25, 0.3) is 0 Å². The highest BCUT2D eigenvalue weighted by atomic mass is 16.4. The molecule has 0 spiro atoms. The Morgan fingerprint density at radius 2 is 1.27 bits per heavy atom. The van der Waals surface area contributed by atoms with Crippen molar-refractivity contribution in [3.05, 3.63) is 29.8 Å². The number of rotatable bonds is 26. The fourth-order valence-corrected chi connectivity index (χ4v) is 6.84. The number of benzene rings is 1. The molecule has 0 unspecified atom stereocenters. The Kier molecular flexibility index (Phi) is 21.1. The fourth-order valence-electron chi connectivity index (χ4n) is 6.84. The molecule has 1 aliphatic rings. The van der Waals surface area contributed by atoms with E-state index in [1.54, 1.807) is 27.7 Å². The maximum Gasteiger partial charge on any atom is 0.303 e. The Morgan fingerprint density at radius 1 is 0.703 bits per heavy atom. The highest BCUT2D eigenvalue weighted by Gasteiger charge is 2.40. The molecule has 1 saturated heterocycles. The number of nitrogens with zero attached hydrogens (tertiary/aromatic N) is 1. The molecule has 354 valence electrons. The number of amides is 10. The Balaban J connectivity index is 2.46. The van der Waals surface area contributed by atoms with Gasteiger partial charge < -0.3 is 64.2 Å². The molecule has 1 aromatic carbocycles. The van der Waals surface area contributed by atoms with Crippen molar-refractivity contribution in [3.8, 4) is 5.75 Å². The number of likely N-dealkylation sites (tertiary alicyclic amines) is 1. The molecule has 0 saturated carbocycles. The monoisotopic (exact) mass is 902 g/mol. The van der Waals surface area contributed by atoms with Gasteiger partial charge in [0.1, 0.15) is 48.0 Å². The number of phenolic OH excluding ortho intramolecular Hbond substituents is 1. The zero-order valence-corrected chi connectivity index (χ0v) is 36.6. The summed E-state index contributed by atoms with van der Waals surface area (Å²) < 4.78 is 0. The van der Waals surface area contributed by atoms with Crippen LogP contribution in [0.1, 0.15) is 91.5 Å². The number of carboxylic acid groups (broad SMARTS) is 1. The summed E-state index contributed by atoms with van der Waals surface area (Å²) >= 11 is 0. The van der Waals surface area contributed by atoms with E-state index in [4.69, 9.17) is 17.2 Å². The summed E-state index contributed by atoms with van der Waals surface area (Å²) in [5.41, 5.74) is 16.3. The summed E-state index contributed by atoms with van der Waals surface area (Å²) in [5, 5.41) is 34.3. The predicted molar refractivity (Wildman–Crippen MR) is 226 cm³/mol. The van der Waals surface area contributed by atoms with E-state index in [9.17, 15) is 63.0 Å². The first-order valence-corrected chi connectivity index (χ1v) is 20.9. The lowest BCUT2D eigenvalue weighted by atomic mass is 9.96. The van der Waals surface area contributed by atoms with Crippen LogP contribution in [0.2, 0.25) is 0 Å². The van der Waals surface area contributed by atoms with Crippen molar-refractivity contribution < 1.29 is 63.0 Å². The third kappa shape index (κ3) is 17.2. The lowest BCUT2D eigenvalue weighted by Gasteiger charge is -2.31. The standard InChI is InChI=1S/C41H62N10O13/c1-6-21(4)34(40(63)49-28(19-31(43)55)37(60)46-25(35(44)58)13-15-30(42)54)50-38(61)27(18-23-9-11-24(53)12-10-23)48-36(59)26(14-16-32(56)57)47-39(62)29-8-7-17-51(29)41(64)33(20(2)3)45-22(5)52/h9-12,20-21,25-29,33-34,53H,6-8,13-19H2,1-5H3,(H2,42,54)(H2,43,55)(H2,44,58)(H,45,52)(H,46,60)(H,47,62)(H,48,59)(H,49,63)(H,50,61)(H,56,57)/t21-,25-,26-,27-,28-,29-,33-,34-/m0/s1. The first-order valence-electron chi connectivity index (χ1n) is 20.9. The number of carbonyl (C=O) groups is 11. The fraction of sp³-hybridized carbons (Fsp3) is 0.585. The highest BCUT2D eigenvalue weighted by molar-refractivity contribution is 5.99. The largest absolute Gasteiger partial charge is 0.508 e. The molecule has 14 N–H and O–H groups in total. The Labute approximate surface area is 370 Å². The second-order valence-electron chi connectivity index (χ2n) is 16.1. The van der Waals surface area contributed by atoms with Crippen LogP contribution in [0.3, 0.4) is 0 Å². The van der Waals surface area contributed by atoms with E-state index in [1.807, 2.05) is 0 Å². The van der Waals surface area contributed by atoms with Gasteiger partial charge in [0.2, 0.25) is 59.1 Å². The van der Waals surface area contributed by atoms with E-state index in [0.29, 0.717) is 12.0 Å². The Hall–Kier alpha value is -6.81. The minimum Gasteiger partial charge on any atom is -0.508 e. The molecule has 8 atom stereocenters. The van der Waals surface area contributed by atoms with Gasteiger partial charge in [0.25, 0.3) is 0 Å². The second kappa shape index (κ2) is 25.3. The van der Waals surface area contributed by atoms with Crippen LogP contribution in [0.4, 0.5) is 0 Å². The van der Waals surface area contributed by atoms with E-state index >= 15 is 0 Å². The summed E-state index contributed by atoms with van der Waals surface area (Å²) in [4.78, 5) is 143. The Bertz CT molecular complexity index is 1890. The van der Waals surface area contributed by atoms with Gasteiger partial charge in [-0.05, 0) is 55.2 Å². The molecule has 1 aliphatic heterocycles. The van der Waals surface area contributed by atoms with Crippen LogP contribution in [-0.4, -0.2) is 129 Å². The van der Waals surface area contributed by atoms with Crippen molar-refractivity contribution in [1.29, 1.82) is 0 Å². The van der Waals surface area contributed by atoms with Crippen LogP contribution >= 0.6 is 0 Å². The van der Waals surface area contributed by atoms with E-state index < -0.39 is 133 Å². The summed E-state index contributed by atoms with van der Waals surface area (Å²) in [6.45, 7) is 8.14.